The quantitative estimate of drug-likeness (QED) is 0.717. The van der Waals surface area contributed by atoms with Crippen LogP contribution in [0.15, 0.2) is 30.7 Å². The molecule has 4 heteroatoms. The standard InChI is InChI=1S/C10H8N2OS/c13-7-10-12-6-9(14-10)5-8-1-3-11-4-2-8/h1-4,6-7H,5H2. The number of thiazole rings is 1. The van der Waals surface area contributed by atoms with Crippen molar-refractivity contribution in [1.82, 2.24) is 9.97 Å². The Morgan fingerprint density at radius 1 is 1.36 bits per heavy atom. The Balaban J connectivity index is 2.15. The lowest BCUT2D eigenvalue weighted by atomic mass is 10.2. The van der Waals surface area contributed by atoms with Gasteiger partial charge >= 0.3 is 0 Å². The van der Waals surface area contributed by atoms with E-state index < -0.39 is 0 Å². The van der Waals surface area contributed by atoms with E-state index in [1.807, 2.05) is 12.1 Å². The van der Waals surface area contributed by atoms with Gasteiger partial charge in [-0.05, 0) is 17.7 Å². The van der Waals surface area contributed by atoms with Crippen LogP contribution in [0.4, 0.5) is 0 Å². The molecule has 0 aromatic carbocycles. The van der Waals surface area contributed by atoms with E-state index in [-0.39, 0.29) is 0 Å². The molecule has 0 radical (unpaired) electrons. The molecule has 70 valence electrons. The summed E-state index contributed by atoms with van der Waals surface area (Å²) in [5, 5.41) is 0.536. The molecule has 0 atom stereocenters. The van der Waals surface area contributed by atoms with Gasteiger partial charge in [-0.3, -0.25) is 9.78 Å². The van der Waals surface area contributed by atoms with Crippen LogP contribution in [-0.2, 0) is 6.42 Å². The number of carbonyl (C=O) groups is 1. The zero-order valence-corrected chi connectivity index (χ0v) is 8.20. The van der Waals surface area contributed by atoms with Gasteiger partial charge in [0.2, 0.25) is 0 Å². The van der Waals surface area contributed by atoms with E-state index >= 15 is 0 Å². The fourth-order valence-electron chi connectivity index (χ4n) is 1.16. The van der Waals surface area contributed by atoms with Crippen LogP contribution in [0, 0.1) is 0 Å². The summed E-state index contributed by atoms with van der Waals surface area (Å²) in [6.07, 6.45) is 6.86. The second kappa shape index (κ2) is 4.11. The summed E-state index contributed by atoms with van der Waals surface area (Å²) in [4.78, 5) is 19.4. The number of aldehydes is 1. The van der Waals surface area contributed by atoms with Gasteiger partial charge in [0.25, 0.3) is 0 Å². The smallest absolute Gasteiger partial charge is 0.178 e. The van der Waals surface area contributed by atoms with Gasteiger partial charge in [0, 0.05) is 29.9 Å². The summed E-state index contributed by atoms with van der Waals surface area (Å²) >= 11 is 1.43. The third kappa shape index (κ3) is 2.03. The predicted octanol–water partition coefficient (Wildman–Crippen LogP) is 1.94. The fraction of sp³-hybridized carbons (Fsp3) is 0.100. The van der Waals surface area contributed by atoms with Crippen molar-refractivity contribution in [2.24, 2.45) is 0 Å². The zero-order valence-electron chi connectivity index (χ0n) is 7.38. The van der Waals surface area contributed by atoms with E-state index in [2.05, 4.69) is 9.97 Å². The molecule has 0 saturated carbocycles. The maximum Gasteiger partial charge on any atom is 0.178 e. The number of hydrogen-bond acceptors (Lipinski definition) is 4. The maximum absolute atomic E-state index is 10.4. The van der Waals surface area contributed by atoms with Crippen LogP contribution in [0.2, 0.25) is 0 Å². The summed E-state index contributed by atoms with van der Waals surface area (Å²) in [5.41, 5.74) is 1.18. The average Bonchev–Trinajstić information content (AvgIpc) is 2.67. The Labute approximate surface area is 85.5 Å². The first kappa shape index (κ1) is 9.02. The minimum absolute atomic E-state index is 0.536. The van der Waals surface area contributed by atoms with Crippen molar-refractivity contribution in [2.75, 3.05) is 0 Å². The van der Waals surface area contributed by atoms with Crippen molar-refractivity contribution >= 4 is 17.6 Å². The number of carbonyl (C=O) groups excluding carboxylic acids is 1. The summed E-state index contributed by atoms with van der Waals surface area (Å²) in [7, 11) is 0. The molecule has 0 N–H and O–H groups in total. The molecule has 2 aromatic heterocycles. The summed E-state index contributed by atoms with van der Waals surface area (Å²) in [6, 6.07) is 3.92. The molecule has 0 aliphatic carbocycles. The van der Waals surface area contributed by atoms with E-state index in [1.54, 1.807) is 18.6 Å². The van der Waals surface area contributed by atoms with E-state index in [4.69, 9.17) is 0 Å². The lowest BCUT2D eigenvalue weighted by Crippen LogP contribution is -1.83. The Morgan fingerprint density at radius 3 is 2.79 bits per heavy atom. The van der Waals surface area contributed by atoms with Gasteiger partial charge in [-0.1, -0.05) is 0 Å². The number of nitrogens with zero attached hydrogens (tertiary/aromatic N) is 2. The van der Waals surface area contributed by atoms with Gasteiger partial charge in [-0.2, -0.15) is 0 Å². The molecular formula is C10H8N2OS. The van der Waals surface area contributed by atoms with E-state index in [0.29, 0.717) is 5.01 Å². The summed E-state index contributed by atoms with van der Waals surface area (Å²) < 4.78 is 0. The fourth-order valence-corrected chi connectivity index (χ4v) is 1.93. The van der Waals surface area contributed by atoms with Gasteiger partial charge in [-0.25, -0.2) is 4.98 Å². The normalized spacial score (nSPS) is 10.0. The monoisotopic (exact) mass is 204 g/mol. The molecule has 3 nitrogen and oxygen atoms in total. The van der Waals surface area contributed by atoms with Crippen LogP contribution in [-0.4, -0.2) is 16.3 Å². The average molecular weight is 204 g/mol. The number of aromatic nitrogens is 2. The Morgan fingerprint density at radius 2 is 2.14 bits per heavy atom. The van der Waals surface area contributed by atoms with Crippen molar-refractivity contribution in [2.45, 2.75) is 6.42 Å². The van der Waals surface area contributed by atoms with Crippen LogP contribution >= 0.6 is 11.3 Å². The third-order valence-electron chi connectivity index (χ3n) is 1.80. The van der Waals surface area contributed by atoms with E-state index in [9.17, 15) is 4.79 Å². The molecule has 0 aliphatic rings. The van der Waals surface area contributed by atoms with E-state index in [0.717, 1.165) is 17.6 Å². The molecule has 0 unspecified atom stereocenters. The van der Waals surface area contributed by atoms with Crippen LogP contribution < -0.4 is 0 Å². The molecule has 0 spiro atoms. The zero-order chi connectivity index (χ0) is 9.80. The molecular weight excluding hydrogens is 196 g/mol. The molecule has 14 heavy (non-hydrogen) atoms. The van der Waals surface area contributed by atoms with Crippen molar-refractivity contribution in [3.63, 3.8) is 0 Å². The maximum atomic E-state index is 10.4. The highest BCUT2D eigenvalue weighted by molar-refractivity contribution is 7.13. The molecule has 2 aromatic rings. The molecule has 2 rings (SSSR count). The van der Waals surface area contributed by atoms with Gasteiger partial charge in [0.05, 0.1) is 0 Å². The van der Waals surface area contributed by atoms with Crippen LogP contribution in [0.25, 0.3) is 0 Å². The topological polar surface area (TPSA) is 42.9 Å². The third-order valence-corrected chi connectivity index (χ3v) is 2.72. The Bertz CT molecular complexity index is 425. The van der Waals surface area contributed by atoms with Crippen molar-refractivity contribution < 1.29 is 4.79 Å². The SMILES string of the molecule is O=Cc1ncc(Cc2ccncc2)s1. The first-order valence-corrected chi connectivity index (χ1v) is 4.99. The molecule has 0 amide bonds. The highest BCUT2D eigenvalue weighted by atomic mass is 32.1. The van der Waals surface area contributed by atoms with Crippen molar-refractivity contribution in [3.8, 4) is 0 Å². The second-order valence-electron chi connectivity index (χ2n) is 2.81. The van der Waals surface area contributed by atoms with E-state index in [1.165, 1.54) is 16.9 Å². The van der Waals surface area contributed by atoms with Gasteiger partial charge < -0.3 is 0 Å². The number of pyridine rings is 1. The summed E-state index contributed by atoms with van der Waals surface area (Å²) in [5.74, 6) is 0. The molecule has 2 heterocycles. The first-order valence-electron chi connectivity index (χ1n) is 4.17. The minimum atomic E-state index is 0.536. The molecule has 0 bridgehead atoms. The molecule has 0 aliphatic heterocycles. The number of rotatable bonds is 3. The second-order valence-corrected chi connectivity index (χ2v) is 3.96. The number of hydrogen-bond donors (Lipinski definition) is 0. The first-order chi connectivity index (χ1) is 6.88. The highest BCUT2D eigenvalue weighted by Gasteiger charge is 2.01. The Hall–Kier alpha value is -1.55. The van der Waals surface area contributed by atoms with Crippen LogP contribution in [0.1, 0.15) is 20.2 Å². The largest absolute Gasteiger partial charge is 0.295 e. The van der Waals surface area contributed by atoms with Crippen LogP contribution in [0.3, 0.4) is 0 Å². The lowest BCUT2D eigenvalue weighted by molar-refractivity contribution is 0.112. The Kier molecular flexibility index (Phi) is 2.65. The van der Waals surface area contributed by atoms with Crippen molar-refractivity contribution in [1.29, 1.82) is 0 Å². The van der Waals surface area contributed by atoms with Gasteiger partial charge in [-0.15, -0.1) is 11.3 Å². The lowest BCUT2D eigenvalue weighted by Gasteiger charge is -1.95. The molecule has 0 fully saturated rings. The van der Waals surface area contributed by atoms with Crippen LogP contribution in [0.5, 0.6) is 0 Å². The predicted molar refractivity (Wildman–Crippen MR) is 54.5 cm³/mol. The van der Waals surface area contributed by atoms with Gasteiger partial charge in [0.1, 0.15) is 0 Å². The molecule has 0 saturated heterocycles. The summed E-state index contributed by atoms with van der Waals surface area (Å²) in [6.45, 7) is 0. The van der Waals surface area contributed by atoms with Crippen molar-refractivity contribution in [3.05, 3.63) is 46.2 Å². The highest BCUT2D eigenvalue weighted by Crippen LogP contribution is 2.15. The van der Waals surface area contributed by atoms with Gasteiger partial charge in [0.15, 0.2) is 11.3 Å². The minimum Gasteiger partial charge on any atom is -0.295 e.